The van der Waals surface area contributed by atoms with Crippen LogP contribution < -0.4 is 10.3 Å². The van der Waals surface area contributed by atoms with E-state index < -0.39 is 0 Å². The summed E-state index contributed by atoms with van der Waals surface area (Å²) >= 11 is 1.67. The van der Waals surface area contributed by atoms with Crippen molar-refractivity contribution in [1.29, 1.82) is 0 Å². The average Bonchev–Trinajstić information content (AvgIpc) is 3.05. The summed E-state index contributed by atoms with van der Waals surface area (Å²) in [7, 11) is 1.65. The third-order valence-electron chi connectivity index (χ3n) is 5.17. The fourth-order valence-corrected chi connectivity index (χ4v) is 5.21. The van der Waals surface area contributed by atoms with Crippen LogP contribution in [0.15, 0.2) is 41.2 Å². The molecule has 0 radical (unpaired) electrons. The van der Waals surface area contributed by atoms with E-state index in [0.29, 0.717) is 11.6 Å². The predicted octanol–water partition coefficient (Wildman–Crippen LogP) is 4.69. The summed E-state index contributed by atoms with van der Waals surface area (Å²) in [6.45, 7) is 0. The second-order valence-corrected chi connectivity index (χ2v) is 7.75. The van der Waals surface area contributed by atoms with E-state index in [1.807, 2.05) is 30.3 Å². The number of nitrogens with zero attached hydrogens (tertiary/aromatic N) is 1. The van der Waals surface area contributed by atoms with Crippen molar-refractivity contribution in [2.24, 2.45) is 0 Å². The molecular weight excluding hydrogens is 344 g/mol. The molecule has 2 aromatic carbocycles. The smallest absolute Gasteiger partial charge is 0.260 e. The van der Waals surface area contributed by atoms with Crippen molar-refractivity contribution in [3.05, 3.63) is 57.2 Å². The van der Waals surface area contributed by atoms with Crippen molar-refractivity contribution in [3.63, 3.8) is 0 Å². The molecule has 0 amide bonds. The van der Waals surface area contributed by atoms with Gasteiger partial charge in [-0.25, -0.2) is 4.98 Å². The van der Waals surface area contributed by atoms with Crippen molar-refractivity contribution in [2.75, 3.05) is 7.11 Å². The van der Waals surface area contributed by atoms with Gasteiger partial charge in [0.05, 0.1) is 18.1 Å². The van der Waals surface area contributed by atoms with Gasteiger partial charge in [0, 0.05) is 4.88 Å². The molecule has 0 saturated carbocycles. The Bertz CT molecular complexity index is 1210. The lowest BCUT2D eigenvalue weighted by molar-refractivity contribution is 0.416. The van der Waals surface area contributed by atoms with E-state index >= 15 is 0 Å². The number of benzene rings is 2. The fraction of sp³-hybridized carbons (Fsp3) is 0.238. The first-order valence-corrected chi connectivity index (χ1v) is 9.68. The lowest BCUT2D eigenvalue weighted by Gasteiger charge is -2.12. The number of ether oxygens (including phenoxy) is 1. The molecule has 130 valence electrons. The summed E-state index contributed by atoms with van der Waals surface area (Å²) in [5.41, 5.74) is 2.01. The molecule has 26 heavy (non-hydrogen) atoms. The van der Waals surface area contributed by atoms with Crippen LogP contribution in [0.2, 0.25) is 0 Å². The zero-order valence-electron chi connectivity index (χ0n) is 14.5. The van der Waals surface area contributed by atoms with E-state index in [2.05, 4.69) is 11.1 Å². The number of aryl methyl sites for hydroxylation is 2. The maximum atomic E-state index is 12.9. The number of H-pyrrole nitrogens is 1. The Balaban J connectivity index is 1.83. The van der Waals surface area contributed by atoms with Crippen LogP contribution in [0.25, 0.3) is 32.4 Å². The van der Waals surface area contributed by atoms with Crippen LogP contribution in [0.4, 0.5) is 0 Å². The molecule has 1 N–H and O–H groups in total. The van der Waals surface area contributed by atoms with Crippen LogP contribution in [0.5, 0.6) is 5.75 Å². The normalized spacial score (nSPS) is 13.9. The minimum atomic E-state index is -0.0422. The molecule has 0 bridgehead atoms. The van der Waals surface area contributed by atoms with Gasteiger partial charge in [-0.05, 0) is 48.1 Å². The number of methoxy groups -OCH3 is 1. The van der Waals surface area contributed by atoms with E-state index in [-0.39, 0.29) is 5.56 Å². The molecule has 1 aliphatic rings. The molecule has 5 heteroatoms. The SMILES string of the molecule is COc1ccc2ccccc2c1-c1nc2sc3c(c2c(=O)[nH]1)CCCC3. The summed E-state index contributed by atoms with van der Waals surface area (Å²) in [6, 6.07) is 12.0. The zero-order valence-corrected chi connectivity index (χ0v) is 15.3. The summed E-state index contributed by atoms with van der Waals surface area (Å²) in [5, 5.41) is 2.90. The molecule has 0 unspecified atom stereocenters. The highest BCUT2D eigenvalue weighted by molar-refractivity contribution is 7.18. The maximum Gasteiger partial charge on any atom is 0.260 e. The molecule has 0 spiro atoms. The summed E-state index contributed by atoms with van der Waals surface area (Å²) in [4.78, 5) is 23.0. The molecule has 1 aliphatic carbocycles. The number of nitrogens with one attached hydrogen (secondary N) is 1. The standard InChI is InChI=1S/C21H18N2O2S/c1-25-15-11-10-12-6-2-3-7-13(12)17(15)19-22-20(24)18-14-8-4-5-9-16(14)26-21(18)23-19/h2-3,6-7,10-11H,4-5,8-9H2,1H3,(H,22,23,24). The van der Waals surface area contributed by atoms with Gasteiger partial charge in [0.25, 0.3) is 5.56 Å². The van der Waals surface area contributed by atoms with Crippen molar-refractivity contribution in [1.82, 2.24) is 9.97 Å². The Morgan fingerprint density at radius 2 is 1.96 bits per heavy atom. The topological polar surface area (TPSA) is 55.0 Å². The molecule has 4 nitrogen and oxygen atoms in total. The molecule has 0 aliphatic heterocycles. The van der Waals surface area contributed by atoms with Crippen LogP contribution in [-0.4, -0.2) is 17.1 Å². The zero-order chi connectivity index (χ0) is 17.7. The van der Waals surface area contributed by atoms with E-state index in [4.69, 9.17) is 9.72 Å². The molecular formula is C21H18N2O2S. The first kappa shape index (κ1) is 15.6. The van der Waals surface area contributed by atoms with Gasteiger partial charge < -0.3 is 9.72 Å². The Morgan fingerprint density at radius 3 is 2.85 bits per heavy atom. The second-order valence-electron chi connectivity index (χ2n) is 6.67. The molecule has 0 fully saturated rings. The Morgan fingerprint density at radius 1 is 1.12 bits per heavy atom. The van der Waals surface area contributed by atoms with Gasteiger partial charge in [0.2, 0.25) is 0 Å². The number of fused-ring (bicyclic) bond motifs is 4. The third-order valence-corrected chi connectivity index (χ3v) is 6.36. The molecule has 0 atom stereocenters. The van der Waals surface area contributed by atoms with E-state index in [0.717, 1.165) is 45.8 Å². The van der Waals surface area contributed by atoms with Crippen molar-refractivity contribution in [2.45, 2.75) is 25.7 Å². The molecule has 2 heterocycles. The Labute approximate surface area is 154 Å². The second kappa shape index (κ2) is 5.95. The maximum absolute atomic E-state index is 12.9. The first-order valence-electron chi connectivity index (χ1n) is 8.87. The van der Waals surface area contributed by atoms with Gasteiger partial charge in [-0.1, -0.05) is 30.3 Å². The summed E-state index contributed by atoms with van der Waals surface area (Å²) in [5.74, 6) is 1.29. The highest BCUT2D eigenvalue weighted by atomic mass is 32.1. The van der Waals surface area contributed by atoms with Crippen LogP contribution >= 0.6 is 11.3 Å². The van der Waals surface area contributed by atoms with Gasteiger partial charge in [0.15, 0.2) is 0 Å². The van der Waals surface area contributed by atoms with Crippen LogP contribution in [-0.2, 0) is 12.8 Å². The fourth-order valence-electron chi connectivity index (χ4n) is 3.95. The number of thiophene rings is 1. The third kappa shape index (κ3) is 2.27. The summed E-state index contributed by atoms with van der Waals surface area (Å²) < 4.78 is 5.58. The monoisotopic (exact) mass is 362 g/mol. The minimum absolute atomic E-state index is 0.0422. The lowest BCUT2D eigenvalue weighted by atomic mass is 9.97. The van der Waals surface area contributed by atoms with Crippen LogP contribution in [0.1, 0.15) is 23.3 Å². The number of hydrogen-bond donors (Lipinski definition) is 1. The van der Waals surface area contributed by atoms with Crippen LogP contribution in [0.3, 0.4) is 0 Å². The minimum Gasteiger partial charge on any atom is -0.496 e. The highest BCUT2D eigenvalue weighted by Crippen LogP contribution is 2.38. The molecule has 0 saturated heterocycles. The van der Waals surface area contributed by atoms with Gasteiger partial charge >= 0.3 is 0 Å². The highest BCUT2D eigenvalue weighted by Gasteiger charge is 2.21. The number of hydrogen-bond acceptors (Lipinski definition) is 4. The molecule has 2 aromatic heterocycles. The van der Waals surface area contributed by atoms with Crippen molar-refractivity contribution >= 4 is 32.3 Å². The largest absolute Gasteiger partial charge is 0.496 e. The van der Waals surface area contributed by atoms with Gasteiger partial charge in [-0.3, -0.25) is 4.79 Å². The predicted molar refractivity (Wildman–Crippen MR) is 106 cm³/mol. The number of aromatic amines is 1. The van der Waals surface area contributed by atoms with E-state index in [1.165, 1.54) is 16.9 Å². The lowest BCUT2D eigenvalue weighted by Crippen LogP contribution is -2.11. The molecule has 5 rings (SSSR count). The average molecular weight is 362 g/mol. The molecule has 4 aromatic rings. The Kier molecular flexibility index (Phi) is 3.57. The van der Waals surface area contributed by atoms with Crippen molar-refractivity contribution < 1.29 is 4.74 Å². The van der Waals surface area contributed by atoms with Crippen molar-refractivity contribution in [3.8, 4) is 17.1 Å². The van der Waals surface area contributed by atoms with Gasteiger partial charge in [-0.15, -0.1) is 11.3 Å². The number of rotatable bonds is 2. The number of aromatic nitrogens is 2. The van der Waals surface area contributed by atoms with Gasteiger partial charge in [0.1, 0.15) is 16.4 Å². The first-order chi connectivity index (χ1) is 12.8. The summed E-state index contributed by atoms with van der Waals surface area (Å²) in [6.07, 6.45) is 4.39. The quantitative estimate of drug-likeness (QED) is 0.563. The van der Waals surface area contributed by atoms with Crippen LogP contribution in [0, 0.1) is 0 Å². The van der Waals surface area contributed by atoms with E-state index in [1.54, 1.807) is 18.4 Å². The van der Waals surface area contributed by atoms with E-state index in [9.17, 15) is 4.79 Å². The van der Waals surface area contributed by atoms with Gasteiger partial charge in [-0.2, -0.15) is 0 Å². The Hall–Kier alpha value is -2.66.